The summed E-state index contributed by atoms with van der Waals surface area (Å²) in [5, 5.41) is 12.0. The van der Waals surface area contributed by atoms with Crippen molar-refractivity contribution in [2.45, 2.75) is 43.9 Å². The second-order valence-corrected chi connectivity index (χ2v) is 7.53. The molecule has 0 spiro atoms. The molecule has 1 aliphatic carbocycles. The van der Waals surface area contributed by atoms with Crippen LogP contribution in [0.5, 0.6) is 5.75 Å². The molecule has 2 aromatic rings. The Balaban J connectivity index is 1.61. The Bertz CT molecular complexity index is 1020. The van der Waals surface area contributed by atoms with E-state index in [4.69, 9.17) is 10.00 Å². The first kappa shape index (κ1) is 22.3. The molecule has 162 valence electrons. The zero-order valence-electron chi connectivity index (χ0n) is 17.1. The highest BCUT2D eigenvalue weighted by molar-refractivity contribution is 5.89. The molecule has 1 N–H and O–H groups in total. The van der Waals surface area contributed by atoms with E-state index in [1.165, 1.54) is 23.8 Å². The highest BCUT2D eigenvalue weighted by Crippen LogP contribution is 2.34. The highest BCUT2D eigenvalue weighted by Gasteiger charge is 2.35. The normalized spacial score (nSPS) is 18.7. The Hall–Kier alpha value is -3.34. The molecule has 1 fully saturated rings. The number of amides is 1. The van der Waals surface area contributed by atoms with E-state index in [0.29, 0.717) is 42.7 Å². The number of carbonyl (C=O) groups is 1. The predicted octanol–water partition coefficient (Wildman–Crippen LogP) is 4.86. The summed E-state index contributed by atoms with van der Waals surface area (Å²) in [5.41, 5.74) is -0.521. The zero-order valence-corrected chi connectivity index (χ0v) is 17.1. The SMILES string of the molecule is C=[N+](C(=O)c1cccc(OC)c1)C1CCC(Nc2ccc(C#N)c(C(F)(F)F)c2)CC1. The molecular weight excluding hydrogens is 407 g/mol. The molecule has 0 heterocycles. The standard InChI is InChI=1S/C23H23F3N3O2/c1-29(22(30)15-4-3-5-20(12-15)31-2)19-10-8-17(9-11-19)28-18-7-6-16(14-27)21(13-18)23(24,25)26/h3-7,12-13,17,19,28H,1,8-11H2,2H3/q+1. The molecule has 5 nitrogen and oxygen atoms in total. The van der Waals surface area contributed by atoms with Gasteiger partial charge in [-0.2, -0.15) is 23.0 Å². The van der Waals surface area contributed by atoms with Crippen LogP contribution >= 0.6 is 0 Å². The highest BCUT2D eigenvalue weighted by atomic mass is 19.4. The van der Waals surface area contributed by atoms with Crippen LogP contribution in [0.4, 0.5) is 18.9 Å². The van der Waals surface area contributed by atoms with Crippen molar-refractivity contribution >= 4 is 18.3 Å². The molecular formula is C23H23F3N3O2+. The Morgan fingerprint density at radius 1 is 1.19 bits per heavy atom. The fraction of sp³-hybridized carbons (Fsp3) is 0.348. The minimum Gasteiger partial charge on any atom is -0.497 e. The number of nitriles is 1. The topological polar surface area (TPSA) is 65.1 Å². The van der Waals surface area contributed by atoms with Crippen LogP contribution in [-0.2, 0) is 6.18 Å². The third kappa shape index (κ3) is 5.23. The fourth-order valence-corrected chi connectivity index (χ4v) is 3.82. The number of carbonyl (C=O) groups excluding carboxylic acids is 1. The molecule has 0 bridgehead atoms. The van der Waals surface area contributed by atoms with Crippen LogP contribution in [0.2, 0.25) is 0 Å². The van der Waals surface area contributed by atoms with Crippen molar-refractivity contribution in [3.63, 3.8) is 0 Å². The molecule has 1 aliphatic rings. The molecule has 0 unspecified atom stereocenters. The maximum absolute atomic E-state index is 13.2. The summed E-state index contributed by atoms with van der Waals surface area (Å²) in [6, 6.07) is 12.0. The van der Waals surface area contributed by atoms with Gasteiger partial charge < -0.3 is 10.1 Å². The molecule has 1 amide bonds. The molecule has 3 rings (SSSR count). The molecule has 0 atom stereocenters. The number of rotatable bonds is 5. The number of halogens is 3. The van der Waals surface area contributed by atoms with E-state index in [1.54, 1.807) is 30.3 Å². The lowest BCUT2D eigenvalue weighted by Crippen LogP contribution is -2.37. The first-order valence-electron chi connectivity index (χ1n) is 9.89. The maximum Gasteiger partial charge on any atom is 0.419 e. The van der Waals surface area contributed by atoms with Gasteiger partial charge in [-0.25, -0.2) is 4.79 Å². The number of alkyl halides is 3. The minimum absolute atomic E-state index is 0.0226. The van der Waals surface area contributed by atoms with Crippen LogP contribution in [-0.4, -0.2) is 36.4 Å². The number of benzene rings is 2. The fourth-order valence-electron chi connectivity index (χ4n) is 3.82. The monoisotopic (exact) mass is 430 g/mol. The maximum atomic E-state index is 13.2. The molecule has 1 saturated carbocycles. The van der Waals surface area contributed by atoms with Crippen LogP contribution in [0, 0.1) is 11.3 Å². The summed E-state index contributed by atoms with van der Waals surface area (Å²) in [6.45, 7) is 3.93. The van der Waals surface area contributed by atoms with Crippen LogP contribution in [0.3, 0.4) is 0 Å². The van der Waals surface area contributed by atoms with Crippen molar-refractivity contribution in [2.24, 2.45) is 0 Å². The molecule has 8 heteroatoms. The van der Waals surface area contributed by atoms with Crippen molar-refractivity contribution < 1.29 is 27.3 Å². The number of hydrogen-bond donors (Lipinski definition) is 1. The van der Waals surface area contributed by atoms with Gasteiger partial charge in [0.15, 0.2) is 6.04 Å². The third-order valence-corrected chi connectivity index (χ3v) is 5.53. The van der Waals surface area contributed by atoms with E-state index < -0.39 is 17.3 Å². The largest absolute Gasteiger partial charge is 0.497 e. The lowest BCUT2D eigenvalue weighted by Gasteiger charge is -2.27. The summed E-state index contributed by atoms with van der Waals surface area (Å²) in [7, 11) is 1.53. The van der Waals surface area contributed by atoms with Crippen molar-refractivity contribution in [2.75, 3.05) is 12.4 Å². The molecule has 0 radical (unpaired) electrons. The van der Waals surface area contributed by atoms with Gasteiger partial charge >= 0.3 is 12.1 Å². The average molecular weight is 430 g/mol. The summed E-state index contributed by atoms with van der Waals surface area (Å²) >= 11 is 0. The van der Waals surface area contributed by atoms with Gasteiger partial charge in [0, 0.05) is 24.6 Å². The Morgan fingerprint density at radius 3 is 2.52 bits per heavy atom. The number of nitrogens with one attached hydrogen (secondary N) is 1. The van der Waals surface area contributed by atoms with Gasteiger partial charge in [-0.1, -0.05) is 6.07 Å². The van der Waals surface area contributed by atoms with Crippen molar-refractivity contribution in [1.29, 1.82) is 5.26 Å². The third-order valence-electron chi connectivity index (χ3n) is 5.53. The van der Waals surface area contributed by atoms with Crippen molar-refractivity contribution in [3.8, 4) is 11.8 Å². The van der Waals surface area contributed by atoms with Crippen LogP contribution < -0.4 is 10.1 Å². The van der Waals surface area contributed by atoms with Crippen LogP contribution in [0.25, 0.3) is 0 Å². The number of ether oxygens (including phenoxy) is 1. The van der Waals surface area contributed by atoms with Crippen LogP contribution in [0.15, 0.2) is 42.5 Å². The van der Waals surface area contributed by atoms with E-state index in [9.17, 15) is 18.0 Å². The first-order valence-corrected chi connectivity index (χ1v) is 9.89. The lowest BCUT2D eigenvalue weighted by atomic mass is 9.90. The van der Waals surface area contributed by atoms with E-state index >= 15 is 0 Å². The average Bonchev–Trinajstić information content (AvgIpc) is 2.78. The molecule has 0 aromatic heterocycles. The minimum atomic E-state index is -4.59. The summed E-state index contributed by atoms with van der Waals surface area (Å²) in [4.78, 5) is 12.7. The Kier molecular flexibility index (Phi) is 6.64. The number of anilines is 1. The smallest absolute Gasteiger partial charge is 0.419 e. The van der Waals surface area contributed by atoms with Gasteiger partial charge in [-0.05, 0) is 49.2 Å². The van der Waals surface area contributed by atoms with Gasteiger partial charge in [-0.3, -0.25) is 0 Å². The number of nitrogens with zero attached hydrogens (tertiary/aromatic N) is 2. The Morgan fingerprint density at radius 2 is 1.90 bits per heavy atom. The van der Waals surface area contributed by atoms with Gasteiger partial charge in [-0.15, -0.1) is 0 Å². The van der Waals surface area contributed by atoms with E-state index in [2.05, 4.69) is 12.0 Å². The molecule has 2 aromatic carbocycles. The molecule has 31 heavy (non-hydrogen) atoms. The predicted molar refractivity (Wildman–Crippen MR) is 111 cm³/mol. The Labute approximate surface area is 178 Å². The molecule has 0 aliphatic heterocycles. The van der Waals surface area contributed by atoms with Gasteiger partial charge in [0.05, 0.1) is 29.9 Å². The quantitative estimate of drug-likeness (QED) is 0.543. The second-order valence-electron chi connectivity index (χ2n) is 7.53. The van der Waals surface area contributed by atoms with Crippen molar-refractivity contribution in [1.82, 2.24) is 0 Å². The van der Waals surface area contributed by atoms with Crippen molar-refractivity contribution in [3.05, 3.63) is 59.2 Å². The second kappa shape index (κ2) is 9.21. The summed E-state index contributed by atoms with van der Waals surface area (Å²) in [5.74, 6) is 0.394. The molecule has 0 saturated heterocycles. The number of hydrogen-bond acceptors (Lipinski definition) is 4. The number of methoxy groups -OCH3 is 1. The summed E-state index contributed by atoms with van der Waals surface area (Å²) < 4.78 is 46.1. The lowest BCUT2D eigenvalue weighted by molar-refractivity contribution is -0.468. The van der Waals surface area contributed by atoms with Gasteiger partial charge in [0.2, 0.25) is 0 Å². The van der Waals surface area contributed by atoms with Gasteiger partial charge in [0.1, 0.15) is 12.5 Å². The van der Waals surface area contributed by atoms with E-state index in [-0.39, 0.29) is 18.0 Å². The zero-order chi connectivity index (χ0) is 22.6. The van der Waals surface area contributed by atoms with Crippen LogP contribution in [0.1, 0.15) is 47.2 Å². The summed E-state index contributed by atoms with van der Waals surface area (Å²) in [6.07, 6.45) is -1.86. The van der Waals surface area contributed by atoms with Gasteiger partial charge in [0.25, 0.3) is 0 Å². The van der Waals surface area contributed by atoms with E-state index in [1.807, 2.05) is 0 Å². The van der Waals surface area contributed by atoms with E-state index in [0.717, 1.165) is 6.07 Å². The first-order chi connectivity index (χ1) is 14.7.